The molecule has 0 spiro atoms. The van der Waals surface area contributed by atoms with Crippen LogP contribution in [0, 0.1) is 12.7 Å². The summed E-state index contributed by atoms with van der Waals surface area (Å²) < 4.78 is 13.4. The van der Waals surface area contributed by atoms with E-state index in [-0.39, 0.29) is 12.3 Å². The molecule has 0 fully saturated rings. The minimum absolute atomic E-state index is 0.0580. The maximum Gasteiger partial charge on any atom is 0.313 e. The Morgan fingerprint density at radius 1 is 1.39 bits per heavy atom. The van der Waals surface area contributed by atoms with Crippen LogP contribution >= 0.6 is 0 Å². The number of anilines is 1. The van der Waals surface area contributed by atoms with Gasteiger partial charge in [-0.25, -0.2) is 4.39 Å². The van der Waals surface area contributed by atoms with E-state index in [4.69, 9.17) is 5.11 Å². The van der Waals surface area contributed by atoms with Gasteiger partial charge in [-0.1, -0.05) is 6.07 Å². The monoisotopic (exact) mass is 254 g/mol. The minimum Gasteiger partial charge on any atom is -0.394 e. The summed E-state index contributed by atoms with van der Waals surface area (Å²) in [7, 11) is 0. The molecule has 0 bridgehead atoms. The van der Waals surface area contributed by atoms with E-state index in [1.807, 2.05) is 0 Å². The number of carbonyl (C=O) groups excluding carboxylic acids is 2. The Morgan fingerprint density at radius 2 is 2.06 bits per heavy atom. The number of rotatable bonds is 3. The fourth-order valence-corrected chi connectivity index (χ4v) is 1.24. The Kier molecular flexibility index (Phi) is 4.79. The fraction of sp³-hybridized carbons (Fsp3) is 0.333. The number of aliphatic hydroxyl groups excluding tert-OH is 1. The largest absolute Gasteiger partial charge is 0.394 e. The second-order valence-corrected chi connectivity index (χ2v) is 3.99. The number of amides is 2. The van der Waals surface area contributed by atoms with Gasteiger partial charge < -0.3 is 15.7 Å². The lowest BCUT2D eigenvalue weighted by molar-refractivity contribution is -0.136. The Bertz CT molecular complexity index is 463. The van der Waals surface area contributed by atoms with Crippen molar-refractivity contribution in [3.05, 3.63) is 29.6 Å². The standard InChI is InChI=1S/C12H15FN2O3/c1-7-3-4-10(9(13)5-7)15-12(18)11(17)14-8(2)6-16/h3-5,8,16H,6H2,1-2H3,(H,14,17)(H,15,18). The molecule has 1 atom stereocenters. The second-order valence-electron chi connectivity index (χ2n) is 3.99. The molecule has 0 aliphatic carbocycles. The molecule has 2 amide bonds. The van der Waals surface area contributed by atoms with Crippen LogP contribution in [0.25, 0.3) is 0 Å². The molecule has 6 heteroatoms. The quantitative estimate of drug-likeness (QED) is 0.690. The summed E-state index contributed by atoms with van der Waals surface area (Å²) in [5.41, 5.74) is 0.654. The van der Waals surface area contributed by atoms with E-state index in [1.54, 1.807) is 13.0 Å². The predicted molar refractivity (Wildman–Crippen MR) is 64.5 cm³/mol. The average molecular weight is 254 g/mol. The van der Waals surface area contributed by atoms with Crippen molar-refractivity contribution in [2.24, 2.45) is 0 Å². The first-order valence-corrected chi connectivity index (χ1v) is 5.43. The van der Waals surface area contributed by atoms with Gasteiger partial charge in [-0.3, -0.25) is 9.59 Å². The zero-order valence-corrected chi connectivity index (χ0v) is 10.2. The summed E-state index contributed by atoms with van der Waals surface area (Å²) in [5, 5.41) is 13.1. The van der Waals surface area contributed by atoms with Gasteiger partial charge in [0.2, 0.25) is 0 Å². The highest BCUT2D eigenvalue weighted by Gasteiger charge is 2.17. The van der Waals surface area contributed by atoms with Crippen LogP contribution in [-0.2, 0) is 9.59 Å². The van der Waals surface area contributed by atoms with Gasteiger partial charge >= 0.3 is 11.8 Å². The average Bonchev–Trinajstić information content (AvgIpc) is 2.32. The molecule has 1 unspecified atom stereocenters. The highest BCUT2D eigenvalue weighted by Crippen LogP contribution is 2.14. The van der Waals surface area contributed by atoms with Crippen molar-refractivity contribution in [3.8, 4) is 0 Å². The Hall–Kier alpha value is -1.95. The molecule has 0 aromatic heterocycles. The van der Waals surface area contributed by atoms with Gasteiger partial charge in [0, 0.05) is 6.04 Å². The molecule has 5 nitrogen and oxygen atoms in total. The third-order valence-electron chi connectivity index (χ3n) is 2.23. The zero-order chi connectivity index (χ0) is 13.7. The van der Waals surface area contributed by atoms with E-state index in [0.29, 0.717) is 5.56 Å². The molecule has 0 saturated carbocycles. The molecule has 0 aliphatic heterocycles. The van der Waals surface area contributed by atoms with Gasteiger partial charge in [-0.05, 0) is 31.5 Å². The van der Waals surface area contributed by atoms with Crippen molar-refractivity contribution >= 4 is 17.5 Å². The topological polar surface area (TPSA) is 78.4 Å². The zero-order valence-electron chi connectivity index (χ0n) is 10.2. The van der Waals surface area contributed by atoms with E-state index in [2.05, 4.69) is 10.6 Å². The third kappa shape index (κ3) is 3.81. The van der Waals surface area contributed by atoms with Gasteiger partial charge in [0.25, 0.3) is 0 Å². The summed E-state index contributed by atoms with van der Waals surface area (Å²) in [6.07, 6.45) is 0. The van der Waals surface area contributed by atoms with E-state index in [1.165, 1.54) is 19.1 Å². The van der Waals surface area contributed by atoms with Crippen molar-refractivity contribution in [1.29, 1.82) is 0 Å². The Morgan fingerprint density at radius 3 is 2.61 bits per heavy atom. The van der Waals surface area contributed by atoms with Crippen molar-refractivity contribution in [2.45, 2.75) is 19.9 Å². The van der Waals surface area contributed by atoms with Gasteiger partial charge in [-0.15, -0.1) is 0 Å². The lowest BCUT2D eigenvalue weighted by Gasteiger charge is -2.11. The molecule has 0 heterocycles. The first-order valence-electron chi connectivity index (χ1n) is 5.43. The lowest BCUT2D eigenvalue weighted by Crippen LogP contribution is -2.42. The number of nitrogens with one attached hydrogen (secondary N) is 2. The molecule has 0 aliphatic rings. The van der Waals surface area contributed by atoms with Crippen LogP contribution in [0.2, 0.25) is 0 Å². The van der Waals surface area contributed by atoms with E-state index >= 15 is 0 Å². The lowest BCUT2D eigenvalue weighted by atomic mass is 10.2. The Labute approximate surface area is 104 Å². The molecule has 1 aromatic carbocycles. The molecular weight excluding hydrogens is 239 g/mol. The molecule has 3 N–H and O–H groups in total. The maximum atomic E-state index is 13.4. The van der Waals surface area contributed by atoms with Gasteiger partial charge in [-0.2, -0.15) is 0 Å². The third-order valence-corrected chi connectivity index (χ3v) is 2.23. The number of benzene rings is 1. The van der Waals surface area contributed by atoms with Gasteiger partial charge in [0.15, 0.2) is 0 Å². The summed E-state index contributed by atoms with van der Waals surface area (Å²) >= 11 is 0. The number of aliphatic hydroxyl groups is 1. The molecule has 1 rings (SSSR count). The van der Waals surface area contributed by atoms with Crippen LogP contribution in [0.15, 0.2) is 18.2 Å². The molecular formula is C12H15FN2O3. The molecule has 0 saturated heterocycles. The minimum atomic E-state index is -0.974. The number of aryl methyl sites for hydroxylation is 1. The van der Waals surface area contributed by atoms with Crippen molar-refractivity contribution < 1.29 is 19.1 Å². The number of halogens is 1. The van der Waals surface area contributed by atoms with Crippen molar-refractivity contribution in [3.63, 3.8) is 0 Å². The number of carbonyl (C=O) groups is 2. The van der Waals surface area contributed by atoms with Crippen LogP contribution in [0.3, 0.4) is 0 Å². The van der Waals surface area contributed by atoms with Gasteiger partial charge in [0.1, 0.15) is 5.82 Å². The van der Waals surface area contributed by atoms with Crippen LogP contribution < -0.4 is 10.6 Å². The Balaban J connectivity index is 2.67. The van der Waals surface area contributed by atoms with Crippen molar-refractivity contribution in [2.75, 3.05) is 11.9 Å². The first-order chi connectivity index (χ1) is 8.43. The van der Waals surface area contributed by atoms with Crippen LogP contribution in [0.5, 0.6) is 0 Å². The smallest absolute Gasteiger partial charge is 0.313 e. The van der Waals surface area contributed by atoms with Crippen LogP contribution in [0.1, 0.15) is 12.5 Å². The second kappa shape index (κ2) is 6.11. The van der Waals surface area contributed by atoms with Crippen LogP contribution in [-0.4, -0.2) is 29.6 Å². The summed E-state index contributed by atoms with van der Waals surface area (Å²) in [4.78, 5) is 22.8. The predicted octanol–water partition coefficient (Wildman–Crippen LogP) is 0.570. The highest BCUT2D eigenvalue weighted by atomic mass is 19.1. The van der Waals surface area contributed by atoms with Crippen LogP contribution in [0.4, 0.5) is 10.1 Å². The normalized spacial score (nSPS) is 11.8. The maximum absolute atomic E-state index is 13.4. The summed E-state index contributed by atoms with van der Waals surface area (Å²) in [6, 6.07) is 3.72. The summed E-state index contributed by atoms with van der Waals surface area (Å²) in [5.74, 6) is -2.50. The van der Waals surface area contributed by atoms with Gasteiger partial charge in [0.05, 0.1) is 12.3 Å². The molecule has 18 heavy (non-hydrogen) atoms. The van der Waals surface area contributed by atoms with Crippen molar-refractivity contribution in [1.82, 2.24) is 5.32 Å². The van der Waals surface area contributed by atoms with E-state index < -0.39 is 23.7 Å². The first kappa shape index (κ1) is 14.1. The molecule has 0 radical (unpaired) electrons. The fourth-order valence-electron chi connectivity index (χ4n) is 1.24. The molecule has 1 aromatic rings. The molecule has 98 valence electrons. The summed E-state index contributed by atoms with van der Waals surface area (Å²) in [6.45, 7) is 2.97. The number of hydrogen-bond donors (Lipinski definition) is 3. The van der Waals surface area contributed by atoms with E-state index in [0.717, 1.165) is 0 Å². The number of hydrogen-bond acceptors (Lipinski definition) is 3. The highest BCUT2D eigenvalue weighted by molar-refractivity contribution is 6.39. The van der Waals surface area contributed by atoms with E-state index in [9.17, 15) is 14.0 Å². The SMILES string of the molecule is Cc1ccc(NC(=O)C(=O)NC(C)CO)c(F)c1.